The third-order valence-corrected chi connectivity index (χ3v) is 7.42. The van der Waals surface area contributed by atoms with Crippen LogP contribution in [0.5, 0.6) is 0 Å². The molecule has 1 aliphatic heterocycles. The molecular formula is C21H27N5O6S2. The summed E-state index contributed by atoms with van der Waals surface area (Å²) in [6, 6.07) is 5.85. The molecule has 2 aromatic rings. The van der Waals surface area contributed by atoms with E-state index in [4.69, 9.17) is 14.3 Å². The Hall–Kier alpha value is -2.58. The summed E-state index contributed by atoms with van der Waals surface area (Å²) in [6.45, 7) is 1.42. The highest BCUT2D eigenvalue weighted by Gasteiger charge is 2.23. The zero-order chi connectivity index (χ0) is 24.6. The fourth-order valence-corrected chi connectivity index (χ4v) is 4.39. The van der Waals surface area contributed by atoms with E-state index in [1.807, 2.05) is 6.26 Å². The molecule has 11 nitrogen and oxygen atoms in total. The van der Waals surface area contributed by atoms with Gasteiger partial charge >= 0.3 is 0 Å². The minimum absolute atomic E-state index is 0.0284. The molecule has 0 aliphatic carbocycles. The number of aromatic nitrogens is 2. The quantitative estimate of drug-likeness (QED) is 0.272. The first-order chi connectivity index (χ1) is 16.3. The number of hydrogen-bond donors (Lipinski definition) is 1. The molecule has 1 aromatic carbocycles. The van der Waals surface area contributed by atoms with Crippen LogP contribution in [0, 0.1) is 0 Å². The van der Waals surface area contributed by atoms with Gasteiger partial charge in [-0.1, -0.05) is 17.3 Å². The number of nitrogens with zero attached hydrogens (tertiary/aromatic N) is 4. The van der Waals surface area contributed by atoms with E-state index in [1.54, 1.807) is 6.20 Å². The maximum atomic E-state index is 13.0. The molecule has 1 fully saturated rings. The van der Waals surface area contributed by atoms with E-state index >= 15 is 0 Å². The van der Waals surface area contributed by atoms with Gasteiger partial charge in [0.15, 0.2) is 17.6 Å². The molecule has 1 N–H and O–H groups in total. The molecular weight excluding hydrogens is 482 g/mol. The van der Waals surface area contributed by atoms with Gasteiger partial charge in [-0.3, -0.25) is 4.79 Å². The number of benzene rings is 1. The largest absolute Gasteiger partial charge is 0.389 e. The number of hydrogen-bond acceptors (Lipinski definition) is 10. The van der Waals surface area contributed by atoms with E-state index in [0.29, 0.717) is 30.2 Å². The summed E-state index contributed by atoms with van der Waals surface area (Å²) in [5.41, 5.74) is 0.350. The summed E-state index contributed by atoms with van der Waals surface area (Å²) in [6.07, 6.45) is 5.25. The number of methoxy groups -OCH3 is 1. The Bertz CT molecular complexity index is 1090. The number of oxime groups is 1. The Balaban J connectivity index is 1.83. The predicted octanol–water partition coefficient (Wildman–Crippen LogP) is 1.61. The smallest absolute Gasteiger partial charge is 0.279 e. The lowest BCUT2D eigenvalue weighted by molar-refractivity contribution is -0.110. The van der Waals surface area contributed by atoms with Crippen molar-refractivity contribution in [3.05, 3.63) is 42.2 Å². The zero-order valence-corrected chi connectivity index (χ0v) is 20.8. The van der Waals surface area contributed by atoms with Crippen LogP contribution in [0.3, 0.4) is 0 Å². The van der Waals surface area contributed by atoms with Crippen LogP contribution in [0.2, 0.25) is 0 Å². The number of amides is 1. The van der Waals surface area contributed by atoms with Crippen molar-refractivity contribution in [3.63, 3.8) is 0 Å². The van der Waals surface area contributed by atoms with Crippen LogP contribution in [-0.2, 0) is 29.1 Å². The summed E-state index contributed by atoms with van der Waals surface area (Å²) in [7, 11) is -0.730. The second-order valence-corrected chi connectivity index (χ2v) is 10.1. The first kappa shape index (κ1) is 26.0. The number of likely N-dealkylation sites (N-methyl/N-ethyl adjacent to an activating group) is 1. The lowest BCUT2D eigenvalue weighted by Gasteiger charge is -2.17. The van der Waals surface area contributed by atoms with Gasteiger partial charge in [-0.25, -0.2) is 18.4 Å². The molecule has 184 valence electrons. The van der Waals surface area contributed by atoms with Crippen molar-refractivity contribution in [2.45, 2.75) is 22.4 Å². The van der Waals surface area contributed by atoms with E-state index < -0.39 is 15.9 Å². The van der Waals surface area contributed by atoms with Gasteiger partial charge in [0.2, 0.25) is 10.0 Å². The van der Waals surface area contributed by atoms with Gasteiger partial charge in [-0.05, 0) is 18.4 Å². The fraction of sp³-hybridized carbons (Fsp3) is 0.429. The summed E-state index contributed by atoms with van der Waals surface area (Å²) >= 11 is 1.43. The van der Waals surface area contributed by atoms with Crippen LogP contribution in [0.25, 0.3) is 0 Å². The minimum atomic E-state index is -3.71. The fourth-order valence-electron chi connectivity index (χ4n) is 2.91. The summed E-state index contributed by atoms with van der Waals surface area (Å²) in [5.74, 6) is -0.323. The Morgan fingerprint density at radius 2 is 2.06 bits per heavy atom. The van der Waals surface area contributed by atoms with Crippen LogP contribution in [0.15, 0.2) is 51.7 Å². The Kier molecular flexibility index (Phi) is 9.36. The molecule has 13 heteroatoms. The highest BCUT2D eigenvalue weighted by Crippen LogP contribution is 2.17. The van der Waals surface area contributed by atoms with E-state index in [9.17, 15) is 13.2 Å². The third kappa shape index (κ3) is 6.73. The third-order valence-electron chi connectivity index (χ3n) is 4.92. The van der Waals surface area contributed by atoms with Crippen molar-refractivity contribution in [1.29, 1.82) is 0 Å². The molecule has 0 radical (unpaired) electrons. The van der Waals surface area contributed by atoms with Crippen molar-refractivity contribution in [2.75, 3.05) is 52.1 Å². The van der Waals surface area contributed by atoms with Gasteiger partial charge in [0.1, 0.15) is 5.03 Å². The summed E-state index contributed by atoms with van der Waals surface area (Å²) < 4.78 is 36.9. The molecule has 0 spiro atoms. The Morgan fingerprint density at radius 3 is 2.65 bits per heavy atom. The topological polar surface area (TPSA) is 132 Å². The van der Waals surface area contributed by atoms with Crippen molar-refractivity contribution in [3.8, 4) is 0 Å². The highest BCUT2D eigenvalue weighted by atomic mass is 32.2. The highest BCUT2D eigenvalue weighted by molar-refractivity contribution is 7.98. The second kappa shape index (κ2) is 12.2. The summed E-state index contributed by atoms with van der Waals surface area (Å²) in [4.78, 5) is 27.0. The number of thioether (sulfide) groups is 1. The van der Waals surface area contributed by atoms with Crippen LogP contribution < -0.4 is 5.32 Å². The molecule has 1 aliphatic rings. The summed E-state index contributed by atoms with van der Waals surface area (Å²) in [5, 5.41) is 7.43. The predicted molar refractivity (Wildman–Crippen MR) is 127 cm³/mol. The monoisotopic (exact) mass is 509 g/mol. The van der Waals surface area contributed by atoms with Gasteiger partial charge < -0.3 is 19.6 Å². The molecule has 1 atom stereocenters. The van der Waals surface area contributed by atoms with Gasteiger partial charge in [0, 0.05) is 32.7 Å². The van der Waals surface area contributed by atoms with E-state index in [1.165, 1.54) is 60.7 Å². The zero-order valence-electron chi connectivity index (χ0n) is 19.1. The molecule has 1 saturated heterocycles. The van der Waals surface area contributed by atoms with Crippen LogP contribution in [0.4, 0.5) is 5.82 Å². The average Bonchev–Trinajstić information content (AvgIpc) is 3.37. The van der Waals surface area contributed by atoms with E-state index in [0.717, 1.165) is 0 Å². The molecule has 34 heavy (non-hydrogen) atoms. The molecule has 2 heterocycles. The van der Waals surface area contributed by atoms with E-state index in [2.05, 4.69) is 20.4 Å². The average molecular weight is 510 g/mol. The van der Waals surface area contributed by atoms with Crippen LogP contribution in [0.1, 0.15) is 12.0 Å². The number of nitrogens with one attached hydrogen (secondary N) is 1. The first-order valence-corrected chi connectivity index (χ1v) is 13.1. The first-order valence-electron chi connectivity index (χ1n) is 10.4. The molecule has 3 rings (SSSR count). The number of sulfonamides is 1. The molecule has 0 saturated carbocycles. The maximum absolute atomic E-state index is 13.0. The second-order valence-electron chi connectivity index (χ2n) is 7.27. The van der Waals surface area contributed by atoms with Gasteiger partial charge in [-0.2, -0.15) is 4.31 Å². The molecule has 0 unspecified atom stereocenters. The minimum Gasteiger partial charge on any atom is -0.389 e. The number of carbonyl (C=O) groups excluding carboxylic acids is 1. The lowest BCUT2D eigenvalue weighted by atomic mass is 10.1. The van der Waals surface area contributed by atoms with Crippen LogP contribution in [-0.4, -0.2) is 87.2 Å². The maximum Gasteiger partial charge on any atom is 0.279 e. The number of ether oxygens (including phenoxy) is 2. The molecule has 0 bridgehead atoms. The van der Waals surface area contributed by atoms with Crippen molar-refractivity contribution < 1.29 is 27.5 Å². The normalized spacial score (nSPS) is 16.6. The number of rotatable bonds is 11. The Morgan fingerprint density at radius 1 is 1.29 bits per heavy atom. The Labute approximate surface area is 202 Å². The van der Waals surface area contributed by atoms with Crippen molar-refractivity contribution >= 4 is 39.2 Å². The SMILES string of the molecule is COCCN(C)S(=O)(=O)c1ccc(/C(=N\O[C@@H]2CCOC2)C(=O)Nc2cnc(SC)cn2)cc1. The van der Waals surface area contributed by atoms with Gasteiger partial charge in [0.25, 0.3) is 5.91 Å². The number of anilines is 1. The van der Waals surface area contributed by atoms with Crippen LogP contribution >= 0.6 is 11.8 Å². The molecule has 1 aromatic heterocycles. The number of carbonyl (C=O) groups is 1. The molecule has 1 amide bonds. The van der Waals surface area contributed by atoms with Gasteiger partial charge in [-0.15, -0.1) is 11.8 Å². The standard InChI is InChI=1S/C21H27N5O6S2/c1-26(9-11-30-2)34(28,29)17-6-4-15(5-7-17)20(25-32-16-8-10-31-14-16)21(27)24-18-12-23-19(33-3)13-22-18/h4-7,12-13,16H,8-11,14H2,1-3H3,(H,22,24,27)/b25-20+/t16-/m1/s1. The van der Waals surface area contributed by atoms with Crippen molar-refractivity contribution in [1.82, 2.24) is 14.3 Å². The van der Waals surface area contributed by atoms with Gasteiger partial charge in [0.05, 0.1) is 37.1 Å². The van der Waals surface area contributed by atoms with E-state index in [-0.39, 0.29) is 35.7 Å². The lowest BCUT2D eigenvalue weighted by Crippen LogP contribution is -2.30. The van der Waals surface area contributed by atoms with Crippen molar-refractivity contribution in [2.24, 2.45) is 5.16 Å².